The molecule has 0 amide bonds. The first kappa shape index (κ1) is 8.72. The van der Waals surface area contributed by atoms with Crippen molar-refractivity contribution in [2.45, 2.75) is 27.2 Å². The summed E-state index contributed by atoms with van der Waals surface area (Å²) < 4.78 is 2.12. The lowest BCUT2D eigenvalue weighted by Crippen LogP contribution is -2.23. The second-order valence-electron chi connectivity index (χ2n) is 4.22. The topological polar surface area (TPSA) is 3.88 Å². The van der Waals surface area contributed by atoms with Crippen LogP contribution in [0.15, 0.2) is 11.7 Å². The molecule has 0 aliphatic carbocycles. The Morgan fingerprint density at radius 1 is 1.45 bits per heavy atom. The van der Waals surface area contributed by atoms with Gasteiger partial charge in [-0.25, -0.2) is 0 Å². The zero-order valence-corrected chi connectivity index (χ0v) is 8.53. The van der Waals surface area contributed by atoms with Gasteiger partial charge in [-0.1, -0.05) is 32.1 Å². The van der Waals surface area contributed by atoms with Crippen molar-refractivity contribution in [3.05, 3.63) is 16.6 Å². The van der Waals surface area contributed by atoms with Gasteiger partial charge in [0.2, 0.25) is 5.51 Å². The van der Waals surface area contributed by atoms with E-state index in [4.69, 9.17) is 0 Å². The molecule has 1 nitrogen and oxygen atoms in total. The van der Waals surface area contributed by atoms with Gasteiger partial charge >= 0.3 is 0 Å². The Bertz CT molecular complexity index is 232. The fourth-order valence-electron chi connectivity index (χ4n) is 1.05. The van der Waals surface area contributed by atoms with Crippen molar-refractivity contribution in [1.82, 2.24) is 0 Å². The van der Waals surface area contributed by atoms with E-state index < -0.39 is 0 Å². The standard InChI is InChI=1S/C9H16NS/c1-9(2,3)5-8-6-10(4)7-11-8/h6-7H,5H2,1-4H3/q+1. The van der Waals surface area contributed by atoms with Crippen LogP contribution in [0.5, 0.6) is 0 Å². The lowest BCUT2D eigenvalue weighted by molar-refractivity contribution is -0.666. The van der Waals surface area contributed by atoms with Gasteiger partial charge in [-0.2, -0.15) is 4.57 Å². The highest BCUT2D eigenvalue weighted by molar-refractivity contribution is 7.09. The molecule has 0 N–H and O–H groups in total. The Kier molecular flexibility index (Phi) is 2.33. The van der Waals surface area contributed by atoms with Gasteiger partial charge in [-0.05, 0) is 11.8 Å². The predicted octanol–water partition coefficient (Wildman–Crippen LogP) is 2.16. The average molecular weight is 170 g/mol. The summed E-state index contributed by atoms with van der Waals surface area (Å²) in [5, 5.41) is 0. The number of thiazole rings is 1. The monoisotopic (exact) mass is 170 g/mol. The largest absolute Gasteiger partial charge is 0.224 e. The normalized spacial score (nSPS) is 12.0. The maximum atomic E-state index is 2.27. The number of rotatable bonds is 1. The fourth-order valence-corrected chi connectivity index (χ4v) is 2.15. The van der Waals surface area contributed by atoms with Crippen LogP contribution in [-0.4, -0.2) is 0 Å². The summed E-state index contributed by atoms with van der Waals surface area (Å²) in [6, 6.07) is 0. The molecule has 0 radical (unpaired) electrons. The van der Waals surface area contributed by atoms with E-state index >= 15 is 0 Å². The van der Waals surface area contributed by atoms with Crippen LogP contribution in [0.2, 0.25) is 0 Å². The molecule has 1 heterocycles. The maximum Gasteiger partial charge on any atom is 0.224 e. The quantitative estimate of drug-likeness (QED) is 0.569. The maximum absolute atomic E-state index is 2.27. The highest BCUT2D eigenvalue weighted by Gasteiger charge is 2.14. The molecule has 1 rings (SSSR count). The van der Waals surface area contributed by atoms with Gasteiger partial charge in [0, 0.05) is 0 Å². The molecular formula is C9H16NS+. The molecule has 1 aromatic heterocycles. The smallest absolute Gasteiger partial charge is 0.198 e. The van der Waals surface area contributed by atoms with Crippen molar-refractivity contribution >= 4 is 11.3 Å². The third-order valence-corrected chi connectivity index (χ3v) is 2.41. The molecule has 0 unspecified atom stereocenters. The van der Waals surface area contributed by atoms with Gasteiger partial charge in [0.1, 0.15) is 7.05 Å². The summed E-state index contributed by atoms with van der Waals surface area (Å²) in [7, 11) is 2.07. The van der Waals surface area contributed by atoms with E-state index in [0.717, 1.165) is 0 Å². The van der Waals surface area contributed by atoms with Crippen molar-refractivity contribution in [3.8, 4) is 0 Å². The second-order valence-corrected chi connectivity index (χ2v) is 5.19. The highest BCUT2D eigenvalue weighted by atomic mass is 32.1. The van der Waals surface area contributed by atoms with Crippen LogP contribution in [0, 0.1) is 5.41 Å². The lowest BCUT2D eigenvalue weighted by atomic mass is 9.92. The molecule has 0 aliphatic heterocycles. The van der Waals surface area contributed by atoms with Crippen molar-refractivity contribution in [2.24, 2.45) is 12.5 Å². The van der Waals surface area contributed by atoms with Crippen LogP contribution >= 0.6 is 11.3 Å². The highest BCUT2D eigenvalue weighted by Crippen LogP contribution is 2.21. The molecule has 0 aromatic carbocycles. The third kappa shape index (κ3) is 3.02. The van der Waals surface area contributed by atoms with Crippen molar-refractivity contribution in [2.75, 3.05) is 0 Å². The number of aryl methyl sites for hydroxylation is 1. The van der Waals surface area contributed by atoms with E-state index in [1.54, 1.807) is 0 Å². The summed E-state index contributed by atoms with van der Waals surface area (Å²) in [5.41, 5.74) is 2.55. The molecule has 0 saturated heterocycles. The number of aromatic nitrogens is 1. The lowest BCUT2D eigenvalue weighted by Gasteiger charge is -2.14. The molecule has 0 atom stereocenters. The van der Waals surface area contributed by atoms with Crippen molar-refractivity contribution in [3.63, 3.8) is 0 Å². The van der Waals surface area contributed by atoms with Gasteiger partial charge in [0.15, 0.2) is 6.20 Å². The summed E-state index contributed by atoms with van der Waals surface area (Å²) in [4.78, 5) is 1.47. The van der Waals surface area contributed by atoms with E-state index in [0.29, 0.717) is 5.41 Å². The number of nitrogens with zero attached hydrogens (tertiary/aromatic N) is 1. The van der Waals surface area contributed by atoms with E-state index in [2.05, 4.69) is 44.1 Å². The summed E-state index contributed by atoms with van der Waals surface area (Å²) in [6.45, 7) is 6.81. The van der Waals surface area contributed by atoms with Gasteiger partial charge in [0.05, 0.1) is 4.88 Å². The molecule has 1 aromatic rings. The summed E-state index contributed by atoms with van der Waals surface area (Å²) in [6.07, 6.45) is 3.38. The number of hydrogen-bond donors (Lipinski definition) is 0. The van der Waals surface area contributed by atoms with Gasteiger partial charge in [-0.15, -0.1) is 0 Å². The molecule has 2 heteroatoms. The van der Waals surface area contributed by atoms with E-state index in [-0.39, 0.29) is 0 Å². The predicted molar refractivity (Wildman–Crippen MR) is 48.7 cm³/mol. The Hall–Kier alpha value is -0.370. The van der Waals surface area contributed by atoms with Crippen LogP contribution in [0.25, 0.3) is 0 Å². The van der Waals surface area contributed by atoms with Crippen LogP contribution in [0.4, 0.5) is 0 Å². The van der Waals surface area contributed by atoms with Crippen LogP contribution in [-0.2, 0) is 13.5 Å². The molecular weight excluding hydrogens is 154 g/mol. The Labute approximate surface area is 72.7 Å². The van der Waals surface area contributed by atoms with E-state index in [9.17, 15) is 0 Å². The summed E-state index contributed by atoms with van der Waals surface area (Å²) in [5.74, 6) is 0. The first-order valence-electron chi connectivity index (χ1n) is 3.90. The first-order chi connectivity index (χ1) is 4.97. The minimum absolute atomic E-state index is 0.415. The molecule has 11 heavy (non-hydrogen) atoms. The third-order valence-electron chi connectivity index (χ3n) is 1.42. The van der Waals surface area contributed by atoms with Gasteiger partial charge in [0.25, 0.3) is 0 Å². The number of hydrogen-bond acceptors (Lipinski definition) is 1. The molecule has 0 saturated carbocycles. The van der Waals surface area contributed by atoms with Crippen LogP contribution < -0.4 is 4.57 Å². The SMILES string of the molecule is C[n+]1csc(CC(C)(C)C)c1. The molecule has 0 bridgehead atoms. The molecule has 0 aliphatic rings. The summed E-state index contributed by atoms with van der Waals surface area (Å²) >= 11 is 1.84. The van der Waals surface area contributed by atoms with Crippen molar-refractivity contribution < 1.29 is 4.57 Å². The minimum Gasteiger partial charge on any atom is -0.198 e. The van der Waals surface area contributed by atoms with Gasteiger partial charge in [-0.3, -0.25) is 0 Å². The zero-order chi connectivity index (χ0) is 8.48. The Balaban J connectivity index is 2.65. The Morgan fingerprint density at radius 3 is 2.45 bits per heavy atom. The van der Waals surface area contributed by atoms with Crippen LogP contribution in [0.1, 0.15) is 25.6 Å². The van der Waals surface area contributed by atoms with E-state index in [1.165, 1.54) is 11.3 Å². The molecule has 0 spiro atoms. The van der Waals surface area contributed by atoms with Crippen LogP contribution in [0.3, 0.4) is 0 Å². The molecule has 0 fully saturated rings. The second kappa shape index (κ2) is 2.94. The average Bonchev–Trinajstić information content (AvgIpc) is 2.10. The van der Waals surface area contributed by atoms with Gasteiger partial charge < -0.3 is 0 Å². The minimum atomic E-state index is 0.415. The first-order valence-corrected chi connectivity index (χ1v) is 4.78. The Morgan fingerprint density at radius 2 is 2.09 bits per heavy atom. The molecule has 62 valence electrons. The zero-order valence-electron chi connectivity index (χ0n) is 7.72. The fraction of sp³-hybridized carbons (Fsp3) is 0.667. The van der Waals surface area contributed by atoms with E-state index in [1.807, 2.05) is 11.3 Å². The van der Waals surface area contributed by atoms with Crippen molar-refractivity contribution in [1.29, 1.82) is 0 Å².